The standard InChI is InChI=1S/C11H10N4OS/c1-5-3-7(16)14-10-8(5)9(13)6(4-12)11(15-10)17-2/h3H,1-2H3,(H3,13,14,15,16). The average Bonchev–Trinajstić information content (AvgIpc) is 2.27. The Morgan fingerprint density at radius 1 is 1.59 bits per heavy atom. The molecule has 17 heavy (non-hydrogen) atoms. The Hall–Kier alpha value is -2.00. The fourth-order valence-electron chi connectivity index (χ4n) is 1.75. The molecule has 0 amide bonds. The van der Waals surface area contributed by atoms with Crippen molar-refractivity contribution in [3.63, 3.8) is 0 Å². The molecule has 2 aromatic heterocycles. The highest BCUT2D eigenvalue weighted by atomic mass is 32.2. The van der Waals surface area contributed by atoms with Crippen molar-refractivity contribution in [2.24, 2.45) is 0 Å². The van der Waals surface area contributed by atoms with E-state index in [0.717, 1.165) is 5.56 Å². The lowest BCUT2D eigenvalue weighted by atomic mass is 10.1. The van der Waals surface area contributed by atoms with Gasteiger partial charge >= 0.3 is 0 Å². The summed E-state index contributed by atoms with van der Waals surface area (Å²) in [6.07, 6.45) is 1.81. The molecule has 0 saturated heterocycles. The summed E-state index contributed by atoms with van der Waals surface area (Å²) in [5.41, 5.74) is 7.61. The van der Waals surface area contributed by atoms with Gasteiger partial charge in [0.25, 0.3) is 0 Å². The van der Waals surface area contributed by atoms with Gasteiger partial charge in [-0.05, 0) is 18.7 Å². The van der Waals surface area contributed by atoms with Gasteiger partial charge in [0.15, 0.2) is 0 Å². The van der Waals surface area contributed by atoms with Crippen LogP contribution in [0.3, 0.4) is 0 Å². The molecule has 0 spiro atoms. The molecule has 0 radical (unpaired) electrons. The molecule has 0 fully saturated rings. The van der Waals surface area contributed by atoms with E-state index in [2.05, 4.69) is 9.97 Å². The molecule has 0 atom stereocenters. The van der Waals surface area contributed by atoms with Gasteiger partial charge in [-0.1, -0.05) is 0 Å². The molecule has 0 aliphatic carbocycles. The first-order valence-electron chi connectivity index (χ1n) is 4.85. The van der Waals surface area contributed by atoms with E-state index in [1.165, 1.54) is 17.8 Å². The van der Waals surface area contributed by atoms with Gasteiger partial charge in [-0.25, -0.2) is 4.98 Å². The summed E-state index contributed by atoms with van der Waals surface area (Å²) in [5.74, 6) is 0. The molecule has 0 aromatic carbocycles. The molecule has 0 aliphatic rings. The van der Waals surface area contributed by atoms with Crippen LogP contribution in [-0.2, 0) is 0 Å². The minimum absolute atomic E-state index is 0.223. The topological polar surface area (TPSA) is 95.6 Å². The zero-order chi connectivity index (χ0) is 12.6. The number of nitrogens with zero attached hydrogens (tertiary/aromatic N) is 2. The summed E-state index contributed by atoms with van der Waals surface area (Å²) in [6, 6.07) is 3.49. The molecular weight excluding hydrogens is 236 g/mol. The third kappa shape index (κ3) is 1.74. The summed E-state index contributed by atoms with van der Waals surface area (Å²) in [7, 11) is 0. The molecule has 6 heteroatoms. The number of rotatable bonds is 1. The van der Waals surface area contributed by atoms with Crippen molar-refractivity contribution in [3.05, 3.63) is 27.5 Å². The van der Waals surface area contributed by atoms with Gasteiger partial charge in [-0.15, -0.1) is 11.8 Å². The zero-order valence-electron chi connectivity index (χ0n) is 9.37. The molecule has 2 rings (SSSR count). The zero-order valence-corrected chi connectivity index (χ0v) is 10.2. The highest BCUT2D eigenvalue weighted by Gasteiger charge is 2.14. The number of hydrogen-bond acceptors (Lipinski definition) is 5. The van der Waals surface area contributed by atoms with Gasteiger partial charge in [0, 0.05) is 11.5 Å². The number of nitrogens with one attached hydrogen (secondary N) is 1. The lowest BCUT2D eigenvalue weighted by Gasteiger charge is -2.09. The van der Waals surface area contributed by atoms with Gasteiger partial charge < -0.3 is 10.7 Å². The quantitative estimate of drug-likeness (QED) is 0.742. The molecule has 5 nitrogen and oxygen atoms in total. The number of thioether (sulfide) groups is 1. The van der Waals surface area contributed by atoms with Gasteiger partial charge in [0.05, 0.1) is 5.69 Å². The van der Waals surface area contributed by atoms with Crippen molar-refractivity contribution >= 4 is 28.5 Å². The van der Waals surface area contributed by atoms with Crippen LogP contribution in [-0.4, -0.2) is 16.2 Å². The lowest BCUT2D eigenvalue weighted by Crippen LogP contribution is -2.09. The minimum Gasteiger partial charge on any atom is -0.397 e. The number of nitrogen functional groups attached to an aromatic ring is 1. The number of nitriles is 1. The van der Waals surface area contributed by atoms with Crippen LogP contribution in [0, 0.1) is 18.3 Å². The Bertz CT molecular complexity index is 699. The Labute approximate surface area is 102 Å². The second kappa shape index (κ2) is 4.11. The highest BCUT2D eigenvalue weighted by Crippen LogP contribution is 2.30. The van der Waals surface area contributed by atoms with Crippen molar-refractivity contribution in [1.82, 2.24) is 9.97 Å². The number of aryl methyl sites for hydroxylation is 1. The number of anilines is 1. The normalized spacial score (nSPS) is 10.4. The first-order valence-corrected chi connectivity index (χ1v) is 6.08. The molecule has 0 unspecified atom stereocenters. The smallest absolute Gasteiger partial charge is 0.249 e. The number of aromatic amines is 1. The van der Waals surface area contributed by atoms with Gasteiger partial charge in [0.1, 0.15) is 22.3 Å². The highest BCUT2D eigenvalue weighted by molar-refractivity contribution is 7.98. The van der Waals surface area contributed by atoms with Crippen LogP contribution in [0.4, 0.5) is 5.69 Å². The Morgan fingerprint density at radius 3 is 2.88 bits per heavy atom. The van der Waals surface area contributed by atoms with Crippen LogP contribution in [0.2, 0.25) is 0 Å². The molecule has 0 saturated carbocycles. The van der Waals surface area contributed by atoms with E-state index in [-0.39, 0.29) is 5.56 Å². The van der Waals surface area contributed by atoms with E-state index in [0.29, 0.717) is 27.3 Å². The van der Waals surface area contributed by atoms with Gasteiger partial charge in [-0.2, -0.15) is 5.26 Å². The minimum atomic E-state index is -0.223. The van der Waals surface area contributed by atoms with Crippen LogP contribution in [0.25, 0.3) is 11.0 Å². The van der Waals surface area contributed by atoms with Crippen molar-refractivity contribution in [2.75, 3.05) is 12.0 Å². The van der Waals surface area contributed by atoms with E-state index in [1.54, 1.807) is 6.92 Å². The second-order valence-corrected chi connectivity index (χ2v) is 4.36. The van der Waals surface area contributed by atoms with Crippen LogP contribution in [0.5, 0.6) is 0 Å². The fraction of sp³-hybridized carbons (Fsp3) is 0.182. The first-order chi connectivity index (χ1) is 8.08. The predicted molar refractivity (Wildman–Crippen MR) is 68.0 cm³/mol. The summed E-state index contributed by atoms with van der Waals surface area (Å²) < 4.78 is 0. The van der Waals surface area contributed by atoms with Gasteiger partial charge in [-0.3, -0.25) is 4.79 Å². The number of nitrogens with two attached hydrogens (primary N) is 1. The molecule has 0 aliphatic heterocycles. The molecule has 0 bridgehead atoms. The number of pyridine rings is 2. The van der Waals surface area contributed by atoms with E-state index in [9.17, 15) is 4.79 Å². The second-order valence-electron chi connectivity index (χ2n) is 3.56. The summed E-state index contributed by atoms with van der Waals surface area (Å²) in [5, 5.41) is 10.2. The van der Waals surface area contributed by atoms with Crippen molar-refractivity contribution in [2.45, 2.75) is 11.9 Å². The molecule has 2 aromatic rings. The third-order valence-electron chi connectivity index (χ3n) is 2.49. The first kappa shape index (κ1) is 11.5. The third-order valence-corrected chi connectivity index (χ3v) is 3.17. The maximum Gasteiger partial charge on any atom is 0.249 e. The molecular formula is C11H10N4OS. The van der Waals surface area contributed by atoms with E-state index in [1.807, 2.05) is 12.3 Å². The number of H-pyrrole nitrogens is 1. The van der Waals surface area contributed by atoms with E-state index < -0.39 is 0 Å². The van der Waals surface area contributed by atoms with Gasteiger partial charge in [0.2, 0.25) is 5.56 Å². The predicted octanol–water partition coefficient (Wildman–Crippen LogP) is 1.41. The average molecular weight is 246 g/mol. The van der Waals surface area contributed by atoms with Crippen LogP contribution in [0.1, 0.15) is 11.1 Å². The number of aromatic nitrogens is 2. The molecule has 2 heterocycles. The van der Waals surface area contributed by atoms with Crippen molar-refractivity contribution in [3.8, 4) is 6.07 Å². The Kier molecular flexibility index (Phi) is 2.77. The Morgan fingerprint density at radius 2 is 2.29 bits per heavy atom. The fourth-order valence-corrected chi connectivity index (χ4v) is 2.29. The summed E-state index contributed by atoms with van der Waals surface area (Å²) >= 11 is 1.33. The number of hydrogen-bond donors (Lipinski definition) is 2. The van der Waals surface area contributed by atoms with E-state index in [4.69, 9.17) is 11.0 Å². The van der Waals surface area contributed by atoms with E-state index >= 15 is 0 Å². The van der Waals surface area contributed by atoms with Crippen LogP contribution < -0.4 is 11.3 Å². The molecule has 86 valence electrons. The molecule has 3 N–H and O–H groups in total. The lowest BCUT2D eigenvalue weighted by molar-refractivity contribution is 1.11. The van der Waals surface area contributed by atoms with Crippen molar-refractivity contribution in [1.29, 1.82) is 5.26 Å². The van der Waals surface area contributed by atoms with Crippen molar-refractivity contribution < 1.29 is 0 Å². The maximum atomic E-state index is 11.4. The summed E-state index contributed by atoms with van der Waals surface area (Å²) in [4.78, 5) is 18.2. The largest absolute Gasteiger partial charge is 0.397 e. The van der Waals surface area contributed by atoms with Crippen LogP contribution >= 0.6 is 11.8 Å². The summed E-state index contributed by atoms with van der Waals surface area (Å²) in [6.45, 7) is 1.77. The SMILES string of the molecule is CSc1nc2[nH]c(=O)cc(C)c2c(N)c1C#N. The maximum absolute atomic E-state index is 11.4. The monoisotopic (exact) mass is 246 g/mol. The Balaban J connectivity index is 3.02. The number of fused-ring (bicyclic) bond motifs is 1. The van der Waals surface area contributed by atoms with Crippen LogP contribution in [0.15, 0.2) is 15.9 Å².